The second-order valence-corrected chi connectivity index (χ2v) is 4.45. The number of aromatic amines is 1. The normalized spacial score (nSPS) is 10.2. The first-order chi connectivity index (χ1) is 9.06. The van der Waals surface area contributed by atoms with Gasteiger partial charge in [0.15, 0.2) is 5.75 Å². The molecule has 1 aromatic heterocycles. The monoisotopic (exact) mass is 276 g/mol. The fourth-order valence-electron chi connectivity index (χ4n) is 1.50. The SMILES string of the molecule is O=C(NCc1cc(=O)c(O)c[nH]1)c1ccc(S)cc1. The summed E-state index contributed by atoms with van der Waals surface area (Å²) in [5.74, 6) is -0.596. The van der Waals surface area contributed by atoms with E-state index < -0.39 is 5.43 Å². The first-order valence-electron chi connectivity index (χ1n) is 5.54. The molecule has 0 bridgehead atoms. The molecule has 0 atom stereocenters. The molecule has 0 saturated carbocycles. The predicted octanol–water partition coefficient (Wildman–Crippen LogP) is 1.30. The van der Waals surface area contributed by atoms with Crippen LogP contribution < -0.4 is 10.7 Å². The molecule has 98 valence electrons. The van der Waals surface area contributed by atoms with Crippen molar-refractivity contribution >= 4 is 18.5 Å². The standard InChI is InChI=1S/C13H12N2O3S/c16-11-5-9(14-7-12(11)17)6-15-13(18)8-1-3-10(19)4-2-8/h1-5,7,17,19H,6H2,(H,14,16)(H,15,18). The average molecular weight is 276 g/mol. The van der Waals surface area contributed by atoms with Crippen LogP contribution >= 0.6 is 12.6 Å². The zero-order valence-electron chi connectivity index (χ0n) is 9.88. The molecule has 2 aromatic rings. The van der Waals surface area contributed by atoms with Gasteiger partial charge in [0.25, 0.3) is 5.91 Å². The summed E-state index contributed by atoms with van der Waals surface area (Å²) in [7, 11) is 0. The van der Waals surface area contributed by atoms with Gasteiger partial charge in [-0.25, -0.2) is 0 Å². The number of H-pyrrole nitrogens is 1. The maximum absolute atomic E-state index is 11.8. The lowest BCUT2D eigenvalue weighted by atomic mass is 10.2. The van der Waals surface area contributed by atoms with E-state index in [2.05, 4.69) is 22.9 Å². The Kier molecular flexibility index (Phi) is 3.91. The highest BCUT2D eigenvalue weighted by Gasteiger charge is 2.05. The Morgan fingerprint density at radius 1 is 1.32 bits per heavy atom. The number of benzene rings is 1. The van der Waals surface area contributed by atoms with Crippen LogP contribution in [0.3, 0.4) is 0 Å². The first-order valence-corrected chi connectivity index (χ1v) is 5.99. The summed E-state index contributed by atoms with van der Waals surface area (Å²) >= 11 is 4.14. The number of pyridine rings is 1. The van der Waals surface area contributed by atoms with E-state index in [0.29, 0.717) is 11.3 Å². The van der Waals surface area contributed by atoms with E-state index in [4.69, 9.17) is 5.11 Å². The van der Waals surface area contributed by atoms with E-state index in [-0.39, 0.29) is 18.2 Å². The van der Waals surface area contributed by atoms with Gasteiger partial charge in [-0.2, -0.15) is 0 Å². The van der Waals surface area contributed by atoms with Gasteiger partial charge < -0.3 is 15.4 Å². The smallest absolute Gasteiger partial charge is 0.251 e. The molecule has 0 radical (unpaired) electrons. The summed E-state index contributed by atoms with van der Waals surface area (Å²) in [4.78, 5) is 26.5. The van der Waals surface area contributed by atoms with Gasteiger partial charge in [0.05, 0.1) is 6.54 Å². The number of nitrogens with one attached hydrogen (secondary N) is 2. The van der Waals surface area contributed by atoms with Crippen LogP contribution in [0.2, 0.25) is 0 Å². The molecular formula is C13H12N2O3S. The van der Waals surface area contributed by atoms with Crippen molar-refractivity contribution in [3.05, 3.63) is 58.0 Å². The van der Waals surface area contributed by atoms with Crippen LogP contribution in [0, 0.1) is 0 Å². The third-order valence-corrected chi connectivity index (χ3v) is 2.82. The number of carbonyl (C=O) groups excluding carboxylic acids is 1. The lowest BCUT2D eigenvalue weighted by Crippen LogP contribution is -2.23. The van der Waals surface area contributed by atoms with Crippen molar-refractivity contribution in [2.75, 3.05) is 0 Å². The van der Waals surface area contributed by atoms with Gasteiger partial charge >= 0.3 is 0 Å². The number of thiol groups is 1. The number of carbonyl (C=O) groups is 1. The molecule has 0 aliphatic carbocycles. The topological polar surface area (TPSA) is 82.2 Å². The number of aromatic nitrogens is 1. The van der Waals surface area contributed by atoms with Crippen molar-refractivity contribution in [1.29, 1.82) is 0 Å². The fourth-order valence-corrected chi connectivity index (χ4v) is 1.65. The fraction of sp³-hybridized carbons (Fsp3) is 0.0769. The minimum Gasteiger partial charge on any atom is -0.503 e. The molecule has 0 aliphatic rings. The summed E-state index contributed by atoms with van der Waals surface area (Å²) in [6.45, 7) is 0.178. The van der Waals surface area contributed by atoms with Crippen molar-refractivity contribution in [1.82, 2.24) is 10.3 Å². The average Bonchev–Trinajstić information content (AvgIpc) is 2.40. The van der Waals surface area contributed by atoms with Crippen LogP contribution in [-0.4, -0.2) is 16.0 Å². The van der Waals surface area contributed by atoms with Crippen molar-refractivity contribution in [3.63, 3.8) is 0 Å². The second kappa shape index (κ2) is 5.62. The molecule has 1 heterocycles. The van der Waals surface area contributed by atoms with E-state index >= 15 is 0 Å². The molecule has 1 aromatic carbocycles. The molecule has 0 fully saturated rings. The quantitative estimate of drug-likeness (QED) is 0.638. The van der Waals surface area contributed by atoms with E-state index in [1.165, 1.54) is 12.3 Å². The number of rotatable bonds is 3. The lowest BCUT2D eigenvalue weighted by molar-refractivity contribution is 0.0950. The van der Waals surface area contributed by atoms with Crippen molar-refractivity contribution in [2.45, 2.75) is 11.4 Å². The highest BCUT2D eigenvalue weighted by Crippen LogP contribution is 2.07. The summed E-state index contributed by atoms with van der Waals surface area (Å²) in [5.41, 5.74) is 0.545. The Morgan fingerprint density at radius 2 is 2.00 bits per heavy atom. The predicted molar refractivity (Wildman–Crippen MR) is 73.6 cm³/mol. The Hall–Kier alpha value is -2.21. The van der Waals surface area contributed by atoms with E-state index in [1.807, 2.05) is 0 Å². The number of aromatic hydroxyl groups is 1. The molecule has 0 spiro atoms. The Labute approximate surface area is 114 Å². The minimum absolute atomic E-state index is 0.178. The van der Waals surface area contributed by atoms with E-state index in [1.54, 1.807) is 24.3 Å². The van der Waals surface area contributed by atoms with Crippen LogP contribution in [-0.2, 0) is 6.54 Å². The van der Waals surface area contributed by atoms with Crippen LogP contribution in [0.1, 0.15) is 16.1 Å². The molecule has 0 unspecified atom stereocenters. The largest absolute Gasteiger partial charge is 0.503 e. The van der Waals surface area contributed by atoms with Gasteiger partial charge in [-0.3, -0.25) is 9.59 Å². The molecule has 0 aliphatic heterocycles. The van der Waals surface area contributed by atoms with Gasteiger partial charge in [0.1, 0.15) is 0 Å². The highest BCUT2D eigenvalue weighted by molar-refractivity contribution is 7.80. The zero-order valence-corrected chi connectivity index (χ0v) is 10.8. The molecule has 3 N–H and O–H groups in total. The zero-order chi connectivity index (χ0) is 13.8. The first kappa shape index (κ1) is 13.2. The second-order valence-electron chi connectivity index (χ2n) is 3.94. The van der Waals surface area contributed by atoms with Crippen LogP contribution in [0.25, 0.3) is 0 Å². The van der Waals surface area contributed by atoms with Crippen molar-refractivity contribution in [3.8, 4) is 5.75 Å². The number of amides is 1. The third-order valence-electron chi connectivity index (χ3n) is 2.52. The summed E-state index contributed by atoms with van der Waals surface area (Å²) < 4.78 is 0. The van der Waals surface area contributed by atoms with Crippen LogP contribution in [0.4, 0.5) is 0 Å². The van der Waals surface area contributed by atoms with Crippen molar-refractivity contribution < 1.29 is 9.90 Å². The van der Waals surface area contributed by atoms with E-state index in [9.17, 15) is 9.59 Å². The van der Waals surface area contributed by atoms with Gasteiger partial charge in [0.2, 0.25) is 5.43 Å². The maximum Gasteiger partial charge on any atom is 0.251 e. The molecule has 1 amide bonds. The Balaban J connectivity index is 2.02. The van der Waals surface area contributed by atoms with Gasteiger partial charge in [-0.05, 0) is 24.3 Å². The highest BCUT2D eigenvalue weighted by atomic mass is 32.1. The summed E-state index contributed by atoms with van der Waals surface area (Å²) in [6.07, 6.45) is 1.19. The summed E-state index contributed by atoms with van der Waals surface area (Å²) in [6, 6.07) is 8.02. The van der Waals surface area contributed by atoms with Gasteiger partial charge in [0, 0.05) is 28.4 Å². The van der Waals surface area contributed by atoms with Crippen molar-refractivity contribution in [2.24, 2.45) is 0 Å². The van der Waals surface area contributed by atoms with E-state index in [0.717, 1.165) is 4.90 Å². The number of hydrogen-bond donors (Lipinski definition) is 4. The number of hydrogen-bond acceptors (Lipinski definition) is 4. The Morgan fingerprint density at radius 3 is 2.63 bits per heavy atom. The van der Waals surface area contributed by atoms with Crippen LogP contribution in [0.15, 0.2) is 46.2 Å². The third kappa shape index (κ3) is 3.38. The molecule has 2 rings (SSSR count). The van der Waals surface area contributed by atoms with Crippen LogP contribution in [0.5, 0.6) is 5.75 Å². The van der Waals surface area contributed by atoms with Gasteiger partial charge in [-0.1, -0.05) is 0 Å². The molecule has 6 heteroatoms. The minimum atomic E-state index is -0.484. The molecule has 5 nitrogen and oxygen atoms in total. The summed E-state index contributed by atoms with van der Waals surface area (Å²) in [5, 5.41) is 11.8. The van der Waals surface area contributed by atoms with Gasteiger partial charge in [-0.15, -0.1) is 12.6 Å². The lowest BCUT2D eigenvalue weighted by Gasteiger charge is -2.05. The molecule has 0 saturated heterocycles. The Bertz CT molecular complexity index is 650. The molecular weight excluding hydrogens is 264 g/mol. The molecule has 19 heavy (non-hydrogen) atoms. The maximum atomic E-state index is 11.8.